The van der Waals surface area contributed by atoms with Crippen LogP contribution in [0.25, 0.3) is 0 Å². The highest BCUT2D eigenvalue weighted by atomic mass is 16.8. The predicted octanol–water partition coefficient (Wildman–Crippen LogP) is -6.66. The van der Waals surface area contributed by atoms with E-state index in [1.54, 1.807) is 0 Å². The molecule has 0 spiro atoms. The van der Waals surface area contributed by atoms with E-state index in [0.29, 0.717) is 0 Å². The number of aliphatic hydroxyl groups is 11. The Morgan fingerprint density at radius 2 is 1.07 bits per heavy atom. The van der Waals surface area contributed by atoms with Crippen LogP contribution in [-0.4, -0.2) is 186 Å². The molecule has 0 aliphatic carbocycles. The van der Waals surface area contributed by atoms with E-state index in [1.807, 2.05) is 0 Å². The molecule has 0 aromatic heterocycles. The van der Waals surface area contributed by atoms with Crippen LogP contribution in [0.1, 0.15) is 20.3 Å². The van der Waals surface area contributed by atoms with Crippen molar-refractivity contribution in [2.24, 2.45) is 0 Å². The summed E-state index contributed by atoms with van der Waals surface area (Å²) in [4.78, 5) is 0. The van der Waals surface area contributed by atoms with E-state index in [2.05, 4.69) is 0 Å². The zero-order valence-corrected chi connectivity index (χ0v) is 22.9. The summed E-state index contributed by atoms with van der Waals surface area (Å²) in [6, 6.07) is 0. The summed E-state index contributed by atoms with van der Waals surface area (Å²) >= 11 is 0. The average molecular weight is 619 g/mol. The van der Waals surface area contributed by atoms with Crippen LogP contribution < -0.4 is 0 Å². The van der Waals surface area contributed by atoms with Gasteiger partial charge in [-0.05, 0) is 13.8 Å². The lowest BCUT2D eigenvalue weighted by Crippen LogP contribution is -2.67. The van der Waals surface area contributed by atoms with Gasteiger partial charge in [0.2, 0.25) is 0 Å². The average Bonchev–Trinajstić information content (AvgIpc) is 2.95. The third-order valence-electron chi connectivity index (χ3n) is 8.00. The standard InChI is InChI=1S/C24H42O18/c1-6-8(27)3-9(28)22(37-6)41-19-13(30)11(5-26)39-24(40-18-7(2)36-21(35)16(33)15(18)32)20(19)42-23-17(34)14(31)12(29)10(4-25)38-23/h6-35H,3-5H2,1-2H3/t6-,7+,8+,9+,10-,11-,12+,13-,14+,15+,16-,17-,18+,19+,20+,21-,22-,23+,24-/m1/s1. The van der Waals surface area contributed by atoms with Crippen LogP contribution in [0.2, 0.25) is 0 Å². The van der Waals surface area contributed by atoms with E-state index >= 15 is 0 Å². The highest BCUT2D eigenvalue weighted by Gasteiger charge is 2.55. The molecule has 42 heavy (non-hydrogen) atoms. The van der Waals surface area contributed by atoms with E-state index in [0.717, 1.165) is 0 Å². The van der Waals surface area contributed by atoms with E-state index < -0.39 is 130 Å². The summed E-state index contributed by atoms with van der Waals surface area (Å²) < 4.78 is 39.6. The minimum atomic E-state index is -1.91. The van der Waals surface area contributed by atoms with Gasteiger partial charge >= 0.3 is 0 Å². The topological polar surface area (TPSA) is 287 Å². The summed E-state index contributed by atoms with van der Waals surface area (Å²) in [7, 11) is 0. The van der Waals surface area contributed by atoms with Crippen LogP contribution >= 0.6 is 0 Å². The number of aliphatic hydroxyl groups excluding tert-OH is 11. The molecule has 18 nitrogen and oxygen atoms in total. The Balaban J connectivity index is 1.66. The molecule has 4 aliphatic heterocycles. The zero-order valence-electron chi connectivity index (χ0n) is 22.9. The second-order valence-corrected chi connectivity index (χ2v) is 11.0. The van der Waals surface area contributed by atoms with E-state index in [1.165, 1.54) is 13.8 Å². The number of rotatable bonds is 8. The molecule has 4 aliphatic rings. The van der Waals surface area contributed by atoms with Gasteiger partial charge in [-0.1, -0.05) is 0 Å². The van der Waals surface area contributed by atoms with Crippen molar-refractivity contribution in [1.29, 1.82) is 0 Å². The van der Waals surface area contributed by atoms with Gasteiger partial charge < -0.3 is 89.3 Å². The van der Waals surface area contributed by atoms with Gasteiger partial charge in [-0.25, -0.2) is 0 Å². The van der Waals surface area contributed by atoms with Crippen LogP contribution in [0.3, 0.4) is 0 Å². The van der Waals surface area contributed by atoms with E-state index in [9.17, 15) is 56.2 Å². The lowest BCUT2D eigenvalue weighted by atomic mass is 9.95. The molecule has 0 amide bonds. The largest absolute Gasteiger partial charge is 0.394 e. The molecule has 0 aromatic rings. The maximum Gasteiger partial charge on any atom is 0.187 e. The number of hydrogen-bond donors (Lipinski definition) is 11. The van der Waals surface area contributed by atoms with Gasteiger partial charge in [0.05, 0.1) is 31.5 Å². The fourth-order valence-corrected chi connectivity index (χ4v) is 5.37. The molecular formula is C24H42O18. The molecule has 19 atom stereocenters. The van der Waals surface area contributed by atoms with Gasteiger partial charge in [0.1, 0.15) is 73.2 Å². The molecule has 0 radical (unpaired) electrons. The first-order chi connectivity index (χ1) is 19.8. The highest BCUT2D eigenvalue weighted by molar-refractivity contribution is 4.97. The highest BCUT2D eigenvalue weighted by Crippen LogP contribution is 2.35. The molecule has 4 saturated heterocycles. The lowest BCUT2D eigenvalue weighted by molar-refractivity contribution is -0.401. The summed E-state index contributed by atoms with van der Waals surface area (Å²) in [5, 5.41) is 113. The van der Waals surface area contributed by atoms with Gasteiger partial charge in [0, 0.05) is 6.42 Å². The van der Waals surface area contributed by atoms with E-state index in [-0.39, 0.29) is 6.42 Å². The Hall–Kier alpha value is -0.720. The van der Waals surface area contributed by atoms with Crippen molar-refractivity contribution in [2.45, 2.75) is 137 Å². The van der Waals surface area contributed by atoms with Gasteiger partial charge in [0.15, 0.2) is 25.2 Å². The normalized spacial score (nSPS) is 54.1. The molecule has 4 fully saturated rings. The van der Waals surface area contributed by atoms with Crippen molar-refractivity contribution in [2.75, 3.05) is 13.2 Å². The first-order valence-electron chi connectivity index (χ1n) is 13.7. The second-order valence-electron chi connectivity index (χ2n) is 11.0. The first kappa shape index (κ1) is 34.2. The van der Waals surface area contributed by atoms with Crippen LogP contribution in [0.5, 0.6) is 0 Å². The maximum atomic E-state index is 11.1. The molecular weight excluding hydrogens is 576 g/mol. The summed E-state index contributed by atoms with van der Waals surface area (Å²) in [6.07, 6.45) is -29.4. The Morgan fingerprint density at radius 1 is 0.500 bits per heavy atom. The molecule has 11 N–H and O–H groups in total. The number of ether oxygens (including phenoxy) is 7. The Labute approximate surface area is 240 Å². The third-order valence-corrected chi connectivity index (χ3v) is 8.00. The minimum Gasteiger partial charge on any atom is -0.394 e. The zero-order chi connectivity index (χ0) is 31.0. The fourth-order valence-electron chi connectivity index (χ4n) is 5.37. The van der Waals surface area contributed by atoms with Crippen molar-refractivity contribution < 1.29 is 89.3 Å². The molecule has 4 rings (SSSR count). The Bertz CT molecular complexity index is 852. The van der Waals surface area contributed by atoms with Gasteiger partial charge in [0.25, 0.3) is 0 Å². The first-order valence-corrected chi connectivity index (χ1v) is 13.7. The number of hydrogen-bond acceptors (Lipinski definition) is 18. The molecule has 0 bridgehead atoms. The van der Waals surface area contributed by atoms with Crippen LogP contribution in [0.15, 0.2) is 0 Å². The van der Waals surface area contributed by atoms with Crippen LogP contribution in [0, 0.1) is 0 Å². The third kappa shape index (κ3) is 6.91. The SMILES string of the molecule is C[C@@H]1O[C@@H](O)[C@H](O)[C@H](O)[C@H]1O[C@H]1O[C@H](CO)[C@@H](O)[C@H](O[C@H]2O[C@H](C)[C@@H](O)C[C@@H]2O)[C@@H]1O[C@@H]1O[C@H](CO)[C@H](O)[C@H](O)[C@H]1O. The second kappa shape index (κ2) is 14.1. The van der Waals surface area contributed by atoms with E-state index in [4.69, 9.17) is 33.2 Å². The molecule has 0 aromatic carbocycles. The van der Waals surface area contributed by atoms with Crippen LogP contribution in [-0.2, 0) is 33.2 Å². The molecule has 0 saturated carbocycles. The summed E-state index contributed by atoms with van der Waals surface area (Å²) in [5.41, 5.74) is 0. The predicted molar refractivity (Wildman–Crippen MR) is 130 cm³/mol. The molecule has 18 heteroatoms. The maximum absolute atomic E-state index is 11.1. The van der Waals surface area contributed by atoms with Crippen molar-refractivity contribution in [3.63, 3.8) is 0 Å². The quantitative estimate of drug-likeness (QED) is 0.120. The summed E-state index contributed by atoms with van der Waals surface area (Å²) in [6.45, 7) is 1.35. The van der Waals surface area contributed by atoms with Crippen molar-refractivity contribution in [3.8, 4) is 0 Å². The van der Waals surface area contributed by atoms with Gasteiger partial charge in [-0.2, -0.15) is 0 Å². The Kier molecular flexibility index (Phi) is 11.5. The van der Waals surface area contributed by atoms with Crippen molar-refractivity contribution in [3.05, 3.63) is 0 Å². The monoisotopic (exact) mass is 618 g/mol. The smallest absolute Gasteiger partial charge is 0.187 e. The molecule has 0 unspecified atom stereocenters. The van der Waals surface area contributed by atoms with Gasteiger partial charge in [-0.3, -0.25) is 0 Å². The summed E-state index contributed by atoms with van der Waals surface area (Å²) in [5.74, 6) is 0. The molecule has 246 valence electrons. The Morgan fingerprint density at radius 3 is 1.71 bits per heavy atom. The molecule has 4 heterocycles. The van der Waals surface area contributed by atoms with Crippen LogP contribution in [0.4, 0.5) is 0 Å². The fraction of sp³-hybridized carbons (Fsp3) is 1.00. The minimum absolute atomic E-state index is 0.157. The lowest BCUT2D eigenvalue weighted by Gasteiger charge is -2.50. The van der Waals surface area contributed by atoms with Gasteiger partial charge in [-0.15, -0.1) is 0 Å². The van der Waals surface area contributed by atoms with Crippen molar-refractivity contribution in [1.82, 2.24) is 0 Å². The van der Waals surface area contributed by atoms with Crippen molar-refractivity contribution >= 4 is 0 Å².